The zero-order valence-electron chi connectivity index (χ0n) is 11.4. The fourth-order valence-corrected chi connectivity index (χ4v) is 2.40. The minimum absolute atomic E-state index is 0.198. The van der Waals surface area contributed by atoms with Crippen LogP contribution in [0, 0.1) is 17.2 Å². The molecule has 0 radical (unpaired) electrons. The molecule has 0 aliphatic carbocycles. The average Bonchev–Trinajstić information content (AvgIpc) is 2.48. The Morgan fingerprint density at radius 1 is 1.60 bits per heavy atom. The molecule has 1 aromatic rings. The van der Waals surface area contributed by atoms with Crippen molar-refractivity contribution in [2.45, 2.75) is 12.8 Å². The van der Waals surface area contributed by atoms with E-state index in [2.05, 4.69) is 20.2 Å². The third kappa shape index (κ3) is 3.79. The second kappa shape index (κ2) is 7.03. The summed E-state index contributed by atoms with van der Waals surface area (Å²) in [5, 5.41) is 21.0. The highest BCUT2D eigenvalue weighted by molar-refractivity contribution is 5.49. The Labute approximate surface area is 118 Å². The normalized spacial score (nSPS) is 19.5. The lowest BCUT2D eigenvalue weighted by Gasteiger charge is -2.31. The average molecular weight is 276 g/mol. The van der Waals surface area contributed by atoms with Crippen molar-refractivity contribution in [2.24, 2.45) is 5.92 Å². The second-order valence-corrected chi connectivity index (χ2v) is 5.02. The predicted octanol–water partition coefficient (Wildman–Crippen LogP) is 0.0467. The molecule has 1 aliphatic rings. The minimum Gasteiger partial charge on any atom is -0.396 e. The number of piperidine rings is 1. The quantitative estimate of drug-likeness (QED) is 0.696. The number of aliphatic hydroxyl groups is 1. The smallest absolute Gasteiger partial charge is 0.224 e. The van der Waals surface area contributed by atoms with Gasteiger partial charge in [-0.15, -0.1) is 0 Å². The highest BCUT2D eigenvalue weighted by Crippen LogP contribution is 2.15. The van der Waals surface area contributed by atoms with Crippen molar-refractivity contribution in [1.29, 1.82) is 5.26 Å². The molecule has 0 aromatic carbocycles. The molecule has 1 unspecified atom stereocenters. The van der Waals surface area contributed by atoms with E-state index in [0.29, 0.717) is 18.4 Å². The van der Waals surface area contributed by atoms with Crippen LogP contribution in [0.5, 0.6) is 0 Å². The molecule has 1 aliphatic heterocycles. The van der Waals surface area contributed by atoms with Crippen molar-refractivity contribution in [1.82, 2.24) is 14.9 Å². The second-order valence-electron chi connectivity index (χ2n) is 5.02. The van der Waals surface area contributed by atoms with Crippen LogP contribution < -0.4 is 11.1 Å². The number of nitrogen functional groups attached to an aromatic ring is 1. The first kappa shape index (κ1) is 14.5. The van der Waals surface area contributed by atoms with Gasteiger partial charge < -0.3 is 21.1 Å². The maximum absolute atomic E-state index is 9.19. The molecule has 2 rings (SSSR count). The Balaban J connectivity index is 1.78. The number of nitrogens with zero attached hydrogens (tertiary/aromatic N) is 4. The molecule has 7 nitrogen and oxygen atoms in total. The van der Waals surface area contributed by atoms with E-state index in [4.69, 9.17) is 11.0 Å². The van der Waals surface area contributed by atoms with E-state index in [9.17, 15) is 5.11 Å². The molecule has 0 amide bonds. The van der Waals surface area contributed by atoms with Gasteiger partial charge in [0.15, 0.2) is 0 Å². The molecule has 1 atom stereocenters. The van der Waals surface area contributed by atoms with Gasteiger partial charge in [0.1, 0.15) is 17.5 Å². The number of anilines is 2. The van der Waals surface area contributed by atoms with Gasteiger partial charge >= 0.3 is 0 Å². The molecular weight excluding hydrogens is 256 g/mol. The van der Waals surface area contributed by atoms with Crippen LogP contribution in [-0.4, -0.2) is 52.8 Å². The molecule has 7 heteroatoms. The van der Waals surface area contributed by atoms with Crippen LogP contribution in [-0.2, 0) is 0 Å². The summed E-state index contributed by atoms with van der Waals surface area (Å²) >= 11 is 0. The van der Waals surface area contributed by atoms with Crippen molar-refractivity contribution in [3.8, 4) is 6.07 Å². The van der Waals surface area contributed by atoms with Crippen molar-refractivity contribution in [3.05, 3.63) is 11.8 Å². The Morgan fingerprint density at radius 2 is 2.45 bits per heavy atom. The van der Waals surface area contributed by atoms with Gasteiger partial charge in [0.25, 0.3) is 0 Å². The maximum Gasteiger partial charge on any atom is 0.224 e. The highest BCUT2D eigenvalue weighted by atomic mass is 16.3. The monoisotopic (exact) mass is 276 g/mol. The van der Waals surface area contributed by atoms with Crippen LogP contribution >= 0.6 is 0 Å². The van der Waals surface area contributed by atoms with Crippen LogP contribution in [0.2, 0.25) is 0 Å². The Bertz CT molecular complexity index is 486. The van der Waals surface area contributed by atoms with Crippen molar-refractivity contribution in [3.63, 3.8) is 0 Å². The van der Waals surface area contributed by atoms with E-state index in [1.807, 2.05) is 6.07 Å². The van der Waals surface area contributed by atoms with Gasteiger partial charge in [-0.25, -0.2) is 4.98 Å². The Kier molecular flexibility index (Phi) is 5.09. The number of hydrogen-bond donors (Lipinski definition) is 3. The zero-order valence-corrected chi connectivity index (χ0v) is 11.4. The van der Waals surface area contributed by atoms with Gasteiger partial charge in [-0.1, -0.05) is 0 Å². The molecule has 4 N–H and O–H groups in total. The van der Waals surface area contributed by atoms with Crippen molar-refractivity contribution < 1.29 is 5.11 Å². The standard InChI is InChI=1S/C13H20N6O/c14-6-11-7-17-13(18-12(11)15)16-3-5-19-4-1-2-10(8-19)9-20/h7,10,20H,1-5,8-9H2,(H3,15,16,17,18). The lowest BCUT2D eigenvalue weighted by atomic mass is 9.99. The summed E-state index contributed by atoms with van der Waals surface area (Å²) in [7, 11) is 0. The summed E-state index contributed by atoms with van der Waals surface area (Å²) in [6.07, 6.45) is 3.66. The molecule has 20 heavy (non-hydrogen) atoms. The maximum atomic E-state index is 9.19. The van der Waals surface area contributed by atoms with E-state index in [1.54, 1.807) is 0 Å². The summed E-state index contributed by atoms with van der Waals surface area (Å²) in [6.45, 7) is 3.85. The summed E-state index contributed by atoms with van der Waals surface area (Å²) in [4.78, 5) is 10.4. The van der Waals surface area contributed by atoms with E-state index in [-0.39, 0.29) is 18.0 Å². The van der Waals surface area contributed by atoms with Crippen LogP contribution in [0.4, 0.5) is 11.8 Å². The molecule has 1 saturated heterocycles. The van der Waals surface area contributed by atoms with Gasteiger partial charge in [0.2, 0.25) is 5.95 Å². The highest BCUT2D eigenvalue weighted by Gasteiger charge is 2.18. The van der Waals surface area contributed by atoms with E-state index >= 15 is 0 Å². The minimum atomic E-state index is 0.198. The number of aromatic nitrogens is 2. The Hall–Kier alpha value is -1.91. The molecule has 0 bridgehead atoms. The molecule has 1 aromatic heterocycles. The zero-order chi connectivity index (χ0) is 14.4. The molecule has 0 saturated carbocycles. The predicted molar refractivity (Wildman–Crippen MR) is 75.9 cm³/mol. The van der Waals surface area contributed by atoms with Crippen LogP contribution in [0.25, 0.3) is 0 Å². The van der Waals surface area contributed by atoms with Crippen LogP contribution in [0.1, 0.15) is 18.4 Å². The SMILES string of the molecule is N#Cc1cnc(NCCN2CCCC(CO)C2)nc1N. The lowest BCUT2D eigenvalue weighted by molar-refractivity contribution is 0.123. The van der Waals surface area contributed by atoms with Crippen molar-refractivity contribution >= 4 is 11.8 Å². The number of likely N-dealkylation sites (tertiary alicyclic amines) is 1. The molecule has 0 spiro atoms. The summed E-state index contributed by atoms with van der Waals surface area (Å²) < 4.78 is 0. The number of hydrogen-bond acceptors (Lipinski definition) is 7. The van der Waals surface area contributed by atoms with Gasteiger partial charge in [0, 0.05) is 26.2 Å². The first-order valence-electron chi connectivity index (χ1n) is 6.82. The number of aliphatic hydroxyl groups excluding tert-OH is 1. The number of rotatable bonds is 5. The third-order valence-electron chi connectivity index (χ3n) is 3.51. The molecule has 1 fully saturated rings. The van der Waals surface area contributed by atoms with Crippen LogP contribution in [0.15, 0.2) is 6.20 Å². The van der Waals surface area contributed by atoms with Gasteiger partial charge in [0.05, 0.1) is 6.20 Å². The Morgan fingerprint density at radius 3 is 3.15 bits per heavy atom. The fourth-order valence-electron chi connectivity index (χ4n) is 2.40. The number of nitriles is 1. The fraction of sp³-hybridized carbons (Fsp3) is 0.615. The van der Waals surface area contributed by atoms with Gasteiger partial charge in [-0.05, 0) is 25.3 Å². The number of nitrogens with one attached hydrogen (secondary N) is 1. The lowest BCUT2D eigenvalue weighted by Crippen LogP contribution is -2.39. The first-order valence-corrected chi connectivity index (χ1v) is 6.82. The topological polar surface area (TPSA) is 111 Å². The van der Waals surface area contributed by atoms with Gasteiger partial charge in [-0.2, -0.15) is 10.2 Å². The molecule has 2 heterocycles. The van der Waals surface area contributed by atoms with Gasteiger partial charge in [-0.3, -0.25) is 0 Å². The van der Waals surface area contributed by atoms with E-state index in [0.717, 1.165) is 32.5 Å². The largest absolute Gasteiger partial charge is 0.396 e. The number of nitrogens with two attached hydrogens (primary N) is 1. The molecular formula is C13H20N6O. The summed E-state index contributed by atoms with van der Waals surface area (Å²) in [6, 6.07) is 1.93. The summed E-state index contributed by atoms with van der Waals surface area (Å²) in [5.74, 6) is 1.03. The third-order valence-corrected chi connectivity index (χ3v) is 3.51. The van der Waals surface area contributed by atoms with Crippen molar-refractivity contribution in [2.75, 3.05) is 43.8 Å². The van der Waals surface area contributed by atoms with Crippen LogP contribution in [0.3, 0.4) is 0 Å². The molecule has 108 valence electrons. The summed E-state index contributed by atoms with van der Waals surface area (Å²) in [5.41, 5.74) is 5.92. The first-order chi connectivity index (χ1) is 9.72. The van der Waals surface area contributed by atoms with E-state index < -0.39 is 0 Å². The van der Waals surface area contributed by atoms with E-state index in [1.165, 1.54) is 6.20 Å².